The maximum absolute atomic E-state index is 12.0. The molecule has 2 aromatic rings. The van der Waals surface area contributed by atoms with E-state index in [2.05, 4.69) is 20.8 Å². The molecular formula is C14H21Cl2N5O. The largest absolute Gasteiger partial charge is 0.346 e. The summed E-state index contributed by atoms with van der Waals surface area (Å²) in [5, 5.41) is 14.6. The van der Waals surface area contributed by atoms with Gasteiger partial charge in [-0.25, -0.2) is 0 Å². The number of carbonyl (C=O) groups excluding carboxylic acids is 1. The Kier molecular flexibility index (Phi) is 7.06. The topological polar surface area (TPSA) is 71.3 Å². The third-order valence-electron chi connectivity index (χ3n) is 3.74. The first kappa shape index (κ1) is 18.7. The number of pyridine rings is 1. The van der Waals surface area contributed by atoms with Gasteiger partial charge >= 0.3 is 0 Å². The highest BCUT2D eigenvalue weighted by molar-refractivity contribution is 5.85. The quantitative estimate of drug-likeness (QED) is 0.885. The first-order valence-electron chi connectivity index (χ1n) is 7.04. The average Bonchev–Trinajstić information content (AvgIpc) is 3.07. The molecule has 0 aliphatic carbocycles. The molecule has 2 aromatic heterocycles. The summed E-state index contributed by atoms with van der Waals surface area (Å²) >= 11 is 0. The smallest absolute Gasteiger partial charge is 0.220 e. The highest BCUT2D eigenvalue weighted by Gasteiger charge is 2.20. The second kappa shape index (κ2) is 8.31. The maximum Gasteiger partial charge on any atom is 0.220 e. The van der Waals surface area contributed by atoms with Crippen LogP contribution in [-0.4, -0.2) is 33.6 Å². The van der Waals surface area contributed by atoms with E-state index in [0.717, 1.165) is 31.0 Å². The molecule has 1 saturated heterocycles. The Labute approximate surface area is 141 Å². The molecular weight excluding hydrogens is 325 g/mol. The minimum atomic E-state index is -0.144. The van der Waals surface area contributed by atoms with Crippen molar-refractivity contribution in [2.45, 2.75) is 25.8 Å². The van der Waals surface area contributed by atoms with E-state index in [9.17, 15) is 4.79 Å². The third-order valence-corrected chi connectivity index (χ3v) is 3.74. The van der Waals surface area contributed by atoms with Crippen LogP contribution < -0.4 is 10.6 Å². The number of nitrogens with one attached hydrogen (secondary N) is 2. The zero-order valence-electron chi connectivity index (χ0n) is 12.4. The molecule has 1 aliphatic heterocycles. The minimum Gasteiger partial charge on any atom is -0.346 e. The van der Waals surface area contributed by atoms with Gasteiger partial charge in [-0.15, -0.1) is 35.0 Å². The lowest BCUT2D eigenvalue weighted by Gasteiger charge is -2.14. The molecule has 1 aliphatic rings. The van der Waals surface area contributed by atoms with Crippen LogP contribution in [-0.2, 0) is 4.79 Å². The van der Waals surface area contributed by atoms with E-state index in [1.165, 1.54) is 0 Å². The van der Waals surface area contributed by atoms with E-state index in [4.69, 9.17) is 0 Å². The zero-order valence-corrected chi connectivity index (χ0v) is 14.0. The van der Waals surface area contributed by atoms with Crippen molar-refractivity contribution in [3.63, 3.8) is 0 Å². The average molecular weight is 346 g/mol. The molecule has 0 spiro atoms. The third kappa shape index (κ3) is 4.09. The fourth-order valence-electron chi connectivity index (χ4n) is 2.67. The summed E-state index contributed by atoms with van der Waals surface area (Å²) in [5.74, 6) is 1.30. The number of rotatable bonds is 4. The van der Waals surface area contributed by atoms with Crippen LogP contribution in [0.2, 0.25) is 0 Å². The minimum absolute atomic E-state index is 0. The predicted octanol–water partition coefficient (Wildman–Crippen LogP) is 1.75. The summed E-state index contributed by atoms with van der Waals surface area (Å²) in [7, 11) is 0. The van der Waals surface area contributed by atoms with Gasteiger partial charge < -0.3 is 10.6 Å². The molecule has 2 N–H and O–H groups in total. The summed E-state index contributed by atoms with van der Waals surface area (Å²) in [6.45, 7) is 3.90. The van der Waals surface area contributed by atoms with E-state index in [1.807, 2.05) is 35.7 Å². The molecule has 0 saturated carbocycles. The Hall–Kier alpha value is -1.37. The second-order valence-electron chi connectivity index (χ2n) is 5.34. The van der Waals surface area contributed by atoms with E-state index < -0.39 is 0 Å². The van der Waals surface area contributed by atoms with Gasteiger partial charge in [-0.05, 0) is 44.5 Å². The Morgan fingerprint density at radius 2 is 2.27 bits per heavy atom. The van der Waals surface area contributed by atoms with Crippen molar-refractivity contribution in [2.75, 3.05) is 13.1 Å². The fraction of sp³-hybridized carbons (Fsp3) is 0.500. The number of halogens is 2. The van der Waals surface area contributed by atoms with E-state index in [0.29, 0.717) is 12.3 Å². The summed E-state index contributed by atoms with van der Waals surface area (Å²) < 4.78 is 1.90. The van der Waals surface area contributed by atoms with Gasteiger partial charge in [0.05, 0.1) is 6.04 Å². The van der Waals surface area contributed by atoms with Crippen molar-refractivity contribution in [2.24, 2.45) is 5.92 Å². The normalized spacial score (nSPS) is 18.3. The standard InChI is InChI=1S/C14H19N5O.2ClH/c1-10(16-13(20)8-11-5-6-15-9-11)14-18-17-12-4-2-3-7-19(12)14;;/h2-4,7,10-11,15H,5-6,8-9H2,1H3,(H,16,20);2*1H. The van der Waals surface area contributed by atoms with Gasteiger partial charge in [-0.2, -0.15) is 0 Å². The number of nitrogens with zero attached hydrogens (tertiary/aromatic N) is 3. The summed E-state index contributed by atoms with van der Waals surface area (Å²) in [5.41, 5.74) is 0.795. The molecule has 6 nitrogen and oxygen atoms in total. The van der Waals surface area contributed by atoms with Crippen LogP contribution in [0.25, 0.3) is 5.65 Å². The molecule has 8 heteroatoms. The molecule has 22 heavy (non-hydrogen) atoms. The van der Waals surface area contributed by atoms with E-state index in [1.54, 1.807) is 0 Å². The molecule has 2 unspecified atom stereocenters. The van der Waals surface area contributed by atoms with Gasteiger partial charge in [-0.1, -0.05) is 6.07 Å². The predicted molar refractivity (Wildman–Crippen MR) is 89.6 cm³/mol. The van der Waals surface area contributed by atoms with Gasteiger partial charge in [0.1, 0.15) is 0 Å². The van der Waals surface area contributed by atoms with Gasteiger partial charge in [-0.3, -0.25) is 9.20 Å². The van der Waals surface area contributed by atoms with Crippen LogP contribution in [0.4, 0.5) is 0 Å². The van der Waals surface area contributed by atoms with Crippen molar-refractivity contribution < 1.29 is 4.79 Å². The van der Waals surface area contributed by atoms with Crippen LogP contribution in [0.1, 0.15) is 31.6 Å². The summed E-state index contributed by atoms with van der Waals surface area (Å²) in [4.78, 5) is 12.0. The molecule has 2 atom stereocenters. The number of amides is 1. The summed E-state index contributed by atoms with van der Waals surface area (Å²) in [6, 6.07) is 5.60. The highest BCUT2D eigenvalue weighted by Crippen LogP contribution is 2.15. The van der Waals surface area contributed by atoms with E-state index in [-0.39, 0.29) is 36.8 Å². The molecule has 0 bridgehead atoms. The van der Waals surface area contributed by atoms with Crippen LogP contribution in [0.5, 0.6) is 0 Å². The Bertz CT molecular complexity index is 612. The fourth-order valence-corrected chi connectivity index (χ4v) is 2.67. The second-order valence-corrected chi connectivity index (χ2v) is 5.34. The SMILES string of the molecule is CC(NC(=O)CC1CCNC1)c1nnc2ccccn12.Cl.Cl. The van der Waals surface area contributed by atoms with E-state index >= 15 is 0 Å². The monoisotopic (exact) mass is 345 g/mol. The van der Waals surface area contributed by atoms with Crippen molar-refractivity contribution in [1.82, 2.24) is 25.2 Å². The number of fused-ring (bicyclic) bond motifs is 1. The number of hydrogen-bond acceptors (Lipinski definition) is 4. The molecule has 0 radical (unpaired) electrons. The van der Waals surface area contributed by atoms with Crippen LogP contribution in [0, 0.1) is 5.92 Å². The van der Waals surface area contributed by atoms with Crippen LogP contribution in [0.15, 0.2) is 24.4 Å². The number of hydrogen-bond donors (Lipinski definition) is 2. The number of carbonyl (C=O) groups is 1. The first-order chi connectivity index (χ1) is 9.74. The lowest BCUT2D eigenvalue weighted by molar-refractivity contribution is -0.122. The molecule has 0 aromatic carbocycles. The van der Waals surface area contributed by atoms with Crippen molar-refractivity contribution in [3.8, 4) is 0 Å². The van der Waals surface area contributed by atoms with Gasteiger partial charge in [0.25, 0.3) is 0 Å². The Balaban J connectivity index is 0.00000121. The van der Waals surface area contributed by atoms with Crippen LogP contribution >= 0.6 is 24.8 Å². The molecule has 3 heterocycles. The Morgan fingerprint density at radius 1 is 1.45 bits per heavy atom. The van der Waals surface area contributed by atoms with Crippen molar-refractivity contribution in [1.29, 1.82) is 0 Å². The van der Waals surface area contributed by atoms with Crippen molar-refractivity contribution >= 4 is 36.4 Å². The summed E-state index contributed by atoms with van der Waals surface area (Å²) in [6.07, 6.45) is 3.57. The van der Waals surface area contributed by atoms with Gasteiger partial charge in [0.2, 0.25) is 5.91 Å². The zero-order chi connectivity index (χ0) is 13.9. The molecule has 1 amide bonds. The first-order valence-corrected chi connectivity index (χ1v) is 7.04. The number of aromatic nitrogens is 3. The molecule has 1 fully saturated rings. The van der Waals surface area contributed by atoms with Crippen LogP contribution in [0.3, 0.4) is 0 Å². The lowest BCUT2D eigenvalue weighted by atomic mass is 10.0. The maximum atomic E-state index is 12.0. The highest BCUT2D eigenvalue weighted by atomic mass is 35.5. The molecule has 3 rings (SSSR count). The Morgan fingerprint density at radius 3 is 3.00 bits per heavy atom. The van der Waals surface area contributed by atoms with Gasteiger partial charge in [0, 0.05) is 12.6 Å². The molecule has 122 valence electrons. The van der Waals surface area contributed by atoms with Crippen molar-refractivity contribution in [3.05, 3.63) is 30.2 Å². The lowest BCUT2D eigenvalue weighted by Crippen LogP contribution is -2.30. The van der Waals surface area contributed by atoms with Gasteiger partial charge in [0.15, 0.2) is 11.5 Å².